The van der Waals surface area contributed by atoms with Crippen molar-refractivity contribution in [1.29, 1.82) is 0 Å². The fourth-order valence-corrected chi connectivity index (χ4v) is 3.83. The molecule has 1 fully saturated rings. The number of aryl methyl sites for hydroxylation is 2. The quantitative estimate of drug-likeness (QED) is 0.687. The van der Waals surface area contributed by atoms with Crippen LogP contribution in [0.5, 0.6) is 5.75 Å². The Labute approximate surface area is 181 Å². The first-order valence-corrected chi connectivity index (χ1v) is 10.4. The van der Waals surface area contributed by atoms with Crippen molar-refractivity contribution in [3.63, 3.8) is 0 Å². The predicted octanol–water partition coefficient (Wildman–Crippen LogP) is 3.23. The van der Waals surface area contributed by atoms with E-state index < -0.39 is 6.10 Å². The van der Waals surface area contributed by atoms with Crippen molar-refractivity contribution in [3.8, 4) is 17.1 Å². The third-order valence-electron chi connectivity index (χ3n) is 5.77. The van der Waals surface area contributed by atoms with Gasteiger partial charge in [0.2, 0.25) is 0 Å². The fraction of sp³-hybridized carbons (Fsp3) is 0.333. The minimum absolute atomic E-state index is 0.0145. The highest BCUT2D eigenvalue weighted by atomic mass is 16.5. The number of likely N-dealkylation sites (tertiary alicyclic amines) is 1. The van der Waals surface area contributed by atoms with Gasteiger partial charge in [0.15, 0.2) is 6.10 Å². The molecule has 0 radical (unpaired) electrons. The van der Waals surface area contributed by atoms with Crippen LogP contribution in [0.25, 0.3) is 11.4 Å². The number of carbonyl (C=O) groups is 1. The second-order valence-corrected chi connectivity index (χ2v) is 8.03. The molecule has 3 aromatic rings. The van der Waals surface area contributed by atoms with Gasteiger partial charge in [0.1, 0.15) is 11.6 Å². The average molecular weight is 418 g/mol. The first-order chi connectivity index (χ1) is 14.9. The molecule has 31 heavy (non-hydrogen) atoms. The predicted molar refractivity (Wildman–Crippen MR) is 118 cm³/mol. The Morgan fingerprint density at radius 1 is 1.16 bits per heavy atom. The van der Waals surface area contributed by atoms with E-state index in [9.17, 15) is 9.59 Å². The summed E-state index contributed by atoms with van der Waals surface area (Å²) in [5.41, 5.74) is 3.62. The van der Waals surface area contributed by atoms with E-state index in [4.69, 9.17) is 4.74 Å². The summed E-state index contributed by atoms with van der Waals surface area (Å²) in [6, 6.07) is 11.0. The SMILES string of the molecule is Cc1ccc(O[C@@H](C)C(=O)N2CC[C@H](c3cc(=O)[nH]c(-c4ccncc4)n3)C2)cc1C. The van der Waals surface area contributed by atoms with E-state index in [1.54, 1.807) is 36.4 Å². The summed E-state index contributed by atoms with van der Waals surface area (Å²) >= 11 is 0. The molecule has 1 amide bonds. The van der Waals surface area contributed by atoms with Gasteiger partial charge in [0, 0.05) is 43.0 Å². The fourth-order valence-electron chi connectivity index (χ4n) is 3.83. The highest BCUT2D eigenvalue weighted by Gasteiger charge is 2.31. The van der Waals surface area contributed by atoms with E-state index in [0.29, 0.717) is 30.4 Å². The first-order valence-electron chi connectivity index (χ1n) is 10.4. The number of carbonyl (C=O) groups excluding carboxylic acids is 1. The molecule has 0 spiro atoms. The van der Waals surface area contributed by atoms with Crippen molar-refractivity contribution in [2.45, 2.75) is 39.2 Å². The van der Waals surface area contributed by atoms with E-state index in [1.165, 1.54) is 11.6 Å². The third-order valence-corrected chi connectivity index (χ3v) is 5.77. The van der Waals surface area contributed by atoms with E-state index >= 15 is 0 Å². The summed E-state index contributed by atoms with van der Waals surface area (Å²) in [6.07, 6.45) is 3.50. The zero-order chi connectivity index (χ0) is 22.0. The van der Waals surface area contributed by atoms with Gasteiger partial charge in [0.05, 0.1) is 5.69 Å². The van der Waals surface area contributed by atoms with Crippen LogP contribution in [0.15, 0.2) is 53.6 Å². The van der Waals surface area contributed by atoms with E-state index in [1.807, 2.05) is 32.0 Å². The Bertz CT molecular complexity index is 1140. The lowest BCUT2D eigenvalue weighted by atomic mass is 10.0. The molecule has 1 saturated heterocycles. The molecule has 0 unspecified atom stereocenters. The number of nitrogens with zero attached hydrogens (tertiary/aromatic N) is 3. The first kappa shape index (κ1) is 20.8. The molecule has 2 aromatic heterocycles. The molecule has 0 bridgehead atoms. The number of benzene rings is 1. The summed E-state index contributed by atoms with van der Waals surface area (Å²) in [6.45, 7) is 6.97. The molecule has 7 nitrogen and oxygen atoms in total. The average Bonchev–Trinajstić information content (AvgIpc) is 3.26. The number of hydrogen-bond acceptors (Lipinski definition) is 5. The number of rotatable bonds is 5. The smallest absolute Gasteiger partial charge is 0.263 e. The van der Waals surface area contributed by atoms with Crippen molar-refractivity contribution in [2.75, 3.05) is 13.1 Å². The van der Waals surface area contributed by atoms with Crippen LogP contribution < -0.4 is 10.3 Å². The van der Waals surface area contributed by atoms with Crippen molar-refractivity contribution < 1.29 is 9.53 Å². The van der Waals surface area contributed by atoms with Crippen molar-refractivity contribution in [3.05, 3.63) is 76.0 Å². The van der Waals surface area contributed by atoms with Crippen molar-refractivity contribution in [1.82, 2.24) is 19.9 Å². The second kappa shape index (κ2) is 8.71. The summed E-state index contributed by atoms with van der Waals surface area (Å²) in [5, 5.41) is 0. The zero-order valence-electron chi connectivity index (χ0n) is 18.0. The van der Waals surface area contributed by atoms with Crippen LogP contribution in [-0.4, -0.2) is 45.0 Å². The topological polar surface area (TPSA) is 88.2 Å². The maximum absolute atomic E-state index is 12.9. The molecule has 1 aromatic carbocycles. The Morgan fingerprint density at radius 2 is 1.94 bits per heavy atom. The van der Waals surface area contributed by atoms with Crippen LogP contribution in [0.2, 0.25) is 0 Å². The van der Waals surface area contributed by atoms with Gasteiger partial charge < -0.3 is 14.6 Å². The molecule has 2 atom stereocenters. The lowest BCUT2D eigenvalue weighted by molar-refractivity contribution is -0.136. The molecular weight excluding hydrogens is 392 g/mol. The number of hydrogen-bond donors (Lipinski definition) is 1. The molecule has 160 valence electrons. The maximum Gasteiger partial charge on any atom is 0.263 e. The van der Waals surface area contributed by atoms with Crippen LogP contribution in [0.4, 0.5) is 0 Å². The van der Waals surface area contributed by atoms with E-state index in [2.05, 4.69) is 15.0 Å². The van der Waals surface area contributed by atoms with Crippen LogP contribution in [0, 0.1) is 13.8 Å². The van der Waals surface area contributed by atoms with Crippen LogP contribution >= 0.6 is 0 Å². The summed E-state index contributed by atoms with van der Waals surface area (Å²) < 4.78 is 5.89. The lowest BCUT2D eigenvalue weighted by Crippen LogP contribution is -2.39. The van der Waals surface area contributed by atoms with Crippen LogP contribution in [0.3, 0.4) is 0 Å². The number of ether oxygens (including phenoxy) is 1. The highest BCUT2D eigenvalue weighted by Crippen LogP contribution is 2.27. The van der Waals surface area contributed by atoms with Gasteiger partial charge in [-0.3, -0.25) is 14.6 Å². The van der Waals surface area contributed by atoms with Gasteiger partial charge in [-0.15, -0.1) is 0 Å². The Morgan fingerprint density at radius 3 is 2.68 bits per heavy atom. The number of amides is 1. The van der Waals surface area contributed by atoms with Crippen molar-refractivity contribution >= 4 is 5.91 Å². The monoisotopic (exact) mass is 418 g/mol. The van der Waals surface area contributed by atoms with Crippen molar-refractivity contribution in [2.24, 2.45) is 0 Å². The largest absolute Gasteiger partial charge is 0.481 e. The van der Waals surface area contributed by atoms with Gasteiger partial charge >= 0.3 is 0 Å². The molecule has 3 heterocycles. The highest BCUT2D eigenvalue weighted by molar-refractivity contribution is 5.81. The maximum atomic E-state index is 12.9. The minimum Gasteiger partial charge on any atom is -0.481 e. The van der Waals surface area contributed by atoms with Crippen LogP contribution in [0.1, 0.15) is 36.1 Å². The summed E-state index contributed by atoms with van der Waals surface area (Å²) in [4.78, 5) is 38.4. The number of nitrogens with one attached hydrogen (secondary N) is 1. The standard InChI is InChI=1S/C24H26N4O3/c1-15-4-5-20(12-16(15)2)31-17(3)24(30)28-11-8-19(14-28)21-13-22(29)27-23(26-21)18-6-9-25-10-7-18/h4-7,9-10,12-13,17,19H,8,11,14H2,1-3H3,(H,26,27,29)/t17-,19-/m0/s1. The molecule has 1 N–H and O–H groups in total. The number of aromatic nitrogens is 3. The summed E-state index contributed by atoms with van der Waals surface area (Å²) in [7, 11) is 0. The molecule has 0 saturated carbocycles. The second-order valence-electron chi connectivity index (χ2n) is 8.03. The minimum atomic E-state index is -0.583. The lowest BCUT2D eigenvalue weighted by Gasteiger charge is -2.22. The van der Waals surface area contributed by atoms with E-state index in [-0.39, 0.29) is 17.4 Å². The molecule has 4 rings (SSSR count). The normalized spacial score (nSPS) is 16.9. The molecule has 0 aliphatic carbocycles. The van der Waals surface area contributed by atoms with Gasteiger partial charge in [-0.05, 0) is 62.6 Å². The van der Waals surface area contributed by atoms with Gasteiger partial charge in [-0.25, -0.2) is 4.98 Å². The number of H-pyrrole nitrogens is 1. The van der Waals surface area contributed by atoms with Gasteiger partial charge in [-0.2, -0.15) is 0 Å². The molecule has 7 heteroatoms. The Hall–Kier alpha value is -3.48. The van der Waals surface area contributed by atoms with Crippen LogP contribution in [-0.2, 0) is 4.79 Å². The molecule has 1 aliphatic heterocycles. The third kappa shape index (κ3) is 4.66. The Balaban J connectivity index is 1.45. The van der Waals surface area contributed by atoms with Gasteiger partial charge in [-0.1, -0.05) is 6.07 Å². The number of aromatic amines is 1. The summed E-state index contributed by atoms with van der Waals surface area (Å²) in [5.74, 6) is 1.17. The zero-order valence-corrected chi connectivity index (χ0v) is 18.0. The van der Waals surface area contributed by atoms with E-state index in [0.717, 1.165) is 17.5 Å². The Kier molecular flexibility index (Phi) is 5.84. The number of pyridine rings is 1. The molecular formula is C24H26N4O3. The van der Waals surface area contributed by atoms with Gasteiger partial charge in [0.25, 0.3) is 11.5 Å². The molecule has 1 aliphatic rings.